The first kappa shape index (κ1) is 28.1. The van der Waals surface area contributed by atoms with Gasteiger partial charge in [-0.15, -0.1) is 0 Å². The van der Waals surface area contributed by atoms with Crippen molar-refractivity contribution in [2.45, 2.75) is 114 Å². The van der Waals surface area contributed by atoms with Crippen LogP contribution in [0.3, 0.4) is 0 Å². The molecule has 3 fully saturated rings. The van der Waals surface area contributed by atoms with E-state index in [1.54, 1.807) is 6.92 Å². The van der Waals surface area contributed by atoms with Gasteiger partial charge < -0.3 is 55.7 Å². The Bertz CT molecular complexity index is 651. The van der Waals surface area contributed by atoms with E-state index in [0.717, 1.165) is 0 Å². The molecule has 200 valence electrons. The second-order valence-corrected chi connectivity index (χ2v) is 10.6. The normalized spacial score (nSPS) is 52.7. The number of nitrogens with two attached hydrogens (primary N) is 1. The lowest BCUT2D eigenvalue weighted by Gasteiger charge is -2.52. The van der Waals surface area contributed by atoms with Crippen LogP contribution in [0.15, 0.2) is 0 Å². The molecule has 0 spiro atoms. The van der Waals surface area contributed by atoms with Crippen LogP contribution in [0, 0.1) is 23.7 Å². The van der Waals surface area contributed by atoms with Gasteiger partial charge in [-0.3, -0.25) is 0 Å². The van der Waals surface area contributed by atoms with Gasteiger partial charge in [0.1, 0.15) is 36.6 Å². The minimum absolute atomic E-state index is 0.0877. The van der Waals surface area contributed by atoms with Gasteiger partial charge >= 0.3 is 0 Å². The van der Waals surface area contributed by atoms with E-state index in [4.69, 9.17) is 19.9 Å². The fraction of sp³-hybridized carbons (Fsp3) is 1.00. The van der Waals surface area contributed by atoms with Crippen LogP contribution in [0.4, 0.5) is 0 Å². The molecule has 15 unspecified atom stereocenters. The second kappa shape index (κ2) is 11.3. The highest BCUT2D eigenvalue weighted by Gasteiger charge is 2.55. The van der Waals surface area contributed by atoms with Crippen molar-refractivity contribution in [1.82, 2.24) is 0 Å². The zero-order valence-corrected chi connectivity index (χ0v) is 20.3. The Morgan fingerprint density at radius 2 is 1.53 bits per heavy atom. The molecule has 0 amide bonds. The maximum Gasteiger partial charge on any atom is 0.186 e. The molecule has 2 aliphatic heterocycles. The quantitative estimate of drug-likeness (QED) is 0.198. The van der Waals surface area contributed by atoms with Crippen LogP contribution >= 0.6 is 0 Å². The van der Waals surface area contributed by atoms with Gasteiger partial charge in [-0.2, -0.15) is 0 Å². The molecule has 11 heteroatoms. The van der Waals surface area contributed by atoms with E-state index in [-0.39, 0.29) is 17.8 Å². The minimum Gasteiger partial charge on any atom is -0.394 e. The van der Waals surface area contributed by atoms with Crippen LogP contribution < -0.4 is 5.73 Å². The maximum absolute atomic E-state index is 11.5. The zero-order valence-electron chi connectivity index (χ0n) is 20.3. The summed E-state index contributed by atoms with van der Waals surface area (Å²) in [4.78, 5) is 0. The molecule has 0 aromatic rings. The molecule has 1 aliphatic carbocycles. The van der Waals surface area contributed by atoms with Gasteiger partial charge in [-0.25, -0.2) is 0 Å². The zero-order chi connectivity index (χ0) is 25.5. The number of hydrogen-bond donors (Lipinski definition) is 8. The van der Waals surface area contributed by atoms with Crippen LogP contribution in [0.25, 0.3) is 0 Å². The highest BCUT2D eigenvalue weighted by Crippen LogP contribution is 2.45. The maximum atomic E-state index is 11.5. The smallest absolute Gasteiger partial charge is 0.186 e. The Kier molecular flexibility index (Phi) is 9.36. The topological polar surface area (TPSA) is 195 Å². The van der Waals surface area contributed by atoms with Crippen molar-refractivity contribution in [3.8, 4) is 0 Å². The largest absolute Gasteiger partial charge is 0.394 e. The summed E-state index contributed by atoms with van der Waals surface area (Å²) >= 11 is 0. The lowest BCUT2D eigenvalue weighted by Crippen LogP contribution is -2.66. The predicted molar refractivity (Wildman–Crippen MR) is 119 cm³/mol. The summed E-state index contributed by atoms with van der Waals surface area (Å²) in [6.07, 6.45) is -11.7. The summed E-state index contributed by atoms with van der Waals surface area (Å²) < 4.78 is 17.7. The second-order valence-electron chi connectivity index (χ2n) is 10.6. The average molecular weight is 494 g/mol. The Morgan fingerprint density at radius 1 is 0.882 bits per heavy atom. The molecule has 3 rings (SSSR count). The lowest BCUT2D eigenvalue weighted by molar-refractivity contribution is -0.318. The molecular weight excluding hydrogens is 450 g/mol. The Hall–Kier alpha value is -0.440. The van der Waals surface area contributed by atoms with Gasteiger partial charge in [0.05, 0.1) is 37.1 Å². The van der Waals surface area contributed by atoms with Crippen molar-refractivity contribution in [3.63, 3.8) is 0 Å². The van der Waals surface area contributed by atoms with Crippen LogP contribution in [-0.2, 0) is 14.2 Å². The minimum atomic E-state index is -1.42. The SMILES string of the molecule is CCC1OC(C2C(C)CC(C(C)C)C(OC3OC(CO)C(O)C(N)C3O)C2O)C(O)C(O)C1O. The van der Waals surface area contributed by atoms with Crippen molar-refractivity contribution < 1.29 is 50.0 Å². The highest BCUT2D eigenvalue weighted by molar-refractivity contribution is 5.03. The fourth-order valence-corrected chi connectivity index (χ4v) is 5.90. The van der Waals surface area contributed by atoms with Crippen LogP contribution in [-0.4, -0.2) is 116 Å². The van der Waals surface area contributed by atoms with E-state index in [1.807, 2.05) is 20.8 Å². The van der Waals surface area contributed by atoms with Crippen molar-refractivity contribution in [2.75, 3.05) is 6.61 Å². The number of aliphatic hydroxyl groups excluding tert-OH is 7. The number of rotatable bonds is 6. The Morgan fingerprint density at radius 3 is 2.09 bits per heavy atom. The molecule has 9 N–H and O–H groups in total. The molecule has 2 heterocycles. The van der Waals surface area contributed by atoms with Crippen molar-refractivity contribution in [2.24, 2.45) is 29.4 Å². The number of aliphatic hydroxyl groups is 7. The summed E-state index contributed by atoms with van der Waals surface area (Å²) in [6.45, 7) is 7.19. The predicted octanol–water partition coefficient (Wildman–Crippen LogP) is -2.31. The summed E-state index contributed by atoms with van der Waals surface area (Å²) in [7, 11) is 0. The van der Waals surface area contributed by atoms with E-state index in [0.29, 0.717) is 12.8 Å². The van der Waals surface area contributed by atoms with E-state index < -0.39 is 85.9 Å². The molecule has 2 saturated heterocycles. The third-order valence-electron chi connectivity index (χ3n) is 8.07. The first-order valence-electron chi connectivity index (χ1n) is 12.4. The molecular formula is C23H43NO10. The van der Waals surface area contributed by atoms with E-state index in [2.05, 4.69) is 0 Å². The molecule has 1 saturated carbocycles. The van der Waals surface area contributed by atoms with Crippen molar-refractivity contribution >= 4 is 0 Å². The summed E-state index contributed by atoms with van der Waals surface area (Å²) in [5.41, 5.74) is 5.92. The van der Waals surface area contributed by atoms with Gasteiger partial charge in [-0.1, -0.05) is 27.7 Å². The Balaban J connectivity index is 1.87. The summed E-state index contributed by atoms with van der Waals surface area (Å²) in [6, 6.07) is -1.12. The Labute approximate surface area is 200 Å². The van der Waals surface area contributed by atoms with Crippen molar-refractivity contribution in [1.29, 1.82) is 0 Å². The van der Waals surface area contributed by atoms with Crippen molar-refractivity contribution in [3.05, 3.63) is 0 Å². The summed E-state index contributed by atoms with van der Waals surface area (Å²) in [5.74, 6) is -0.816. The van der Waals surface area contributed by atoms with E-state index in [1.165, 1.54) is 0 Å². The lowest BCUT2D eigenvalue weighted by atomic mass is 9.64. The van der Waals surface area contributed by atoms with Crippen LogP contribution in [0.5, 0.6) is 0 Å². The average Bonchev–Trinajstić information content (AvgIpc) is 2.80. The third kappa shape index (κ3) is 5.16. The molecule has 15 atom stereocenters. The van der Waals surface area contributed by atoms with Crippen LogP contribution in [0.2, 0.25) is 0 Å². The number of hydrogen-bond acceptors (Lipinski definition) is 11. The van der Waals surface area contributed by atoms with E-state index >= 15 is 0 Å². The monoisotopic (exact) mass is 493 g/mol. The van der Waals surface area contributed by atoms with Gasteiger partial charge in [-0.05, 0) is 30.6 Å². The molecule has 0 bridgehead atoms. The standard InChI is InChI=1S/C23H43NO10/c1-5-11-16(27)19(30)20(31)22(32-11)13-9(4)6-10(8(2)3)21(17(13)28)34-23-18(29)14(24)15(26)12(7-25)33-23/h8-23,25-31H,5-7,24H2,1-4H3. The molecule has 0 radical (unpaired) electrons. The van der Waals surface area contributed by atoms with Crippen LogP contribution in [0.1, 0.15) is 40.5 Å². The third-order valence-corrected chi connectivity index (χ3v) is 8.07. The van der Waals surface area contributed by atoms with Gasteiger partial charge in [0.15, 0.2) is 6.29 Å². The molecule has 11 nitrogen and oxygen atoms in total. The van der Waals surface area contributed by atoms with E-state index in [9.17, 15) is 35.7 Å². The molecule has 3 aliphatic rings. The van der Waals surface area contributed by atoms with Gasteiger partial charge in [0.25, 0.3) is 0 Å². The molecule has 0 aromatic heterocycles. The number of ether oxygens (including phenoxy) is 3. The highest BCUT2D eigenvalue weighted by atomic mass is 16.7. The van der Waals surface area contributed by atoms with Gasteiger partial charge in [0.2, 0.25) is 0 Å². The van der Waals surface area contributed by atoms with Gasteiger partial charge in [0, 0.05) is 5.92 Å². The fourth-order valence-electron chi connectivity index (χ4n) is 5.90. The molecule has 34 heavy (non-hydrogen) atoms. The molecule has 0 aromatic carbocycles. The first-order chi connectivity index (χ1) is 15.9. The first-order valence-corrected chi connectivity index (χ1v) is 12.4. The summed E-state index contributed by atoms with van der Waals surface area (Å²) in [5, 5.41) is 73.2.